The highest BCUT2D eigenvalue weighted by molar-refractivity contribution is 6.22. The van der Waals surface area contributed by atoms with E-state index in [1.165, 1.54) is 0 Å². The first-order chi connectivity index (χ1) is 22.5. The molecule has 4 heteroatoms. The summed E-state index contributed by atoms with van der Waals surface area (Å²) in [6.07, 6.45) is 24.3. The Balaban J connectivity index is 1.68. The summed E-state index contributed by atoms with van der Waals surface area (Å²) >= 11 is 0. The molecule has 2 aliphatic rings. The molecule has 0 saturated carbocycles. The van der Waals surface area contributed by atoms with E-state index in [2.05, 4.69) is 123 Å². The molecule has 46 heavy (non-hydrogen) atoms. The third-order valence-electron chi connectivity index (χ3n) is 8.59. The van der Waals surface area contributed by atoms with Gasteiger partial charge in [0.1, 0.15) is 11.9 Å². The van der Waals surface area contributed by atoms with E-state index < -0.39 is 0 Å². The molecular formula is C42H41N3O. The van der Waals surface area contributed by atoms with E-state index in [0.717, 1.165) is 62.0 Å². The van der Waals surface area contributed by atoms with Crippen molar-refractivity contribution in [3.05, 3.63) is 156 Å². The molecule has 0 N–H and O–H groups in total. The van der Waals surface area contributed by atoms with Crippen LogP contribution in [0.3, 0.4) is 0 Å². The number of nitrogens with zero attached hydrogens (tertiary/aromatic N) is 3. The second kappa shape index (κ2) is 13.8. The van der Waals surface area contributed by atoms with Crippen LogP contribution >= 0.6 is 0 Å². The van der Waals surface area contributed by atoms with Crippen molar-refractivity contribution in [2.75, 3.05) is 0 Å². The molecule has 2 heterocycles. The van der Waals surface area contributed by atoms with E-state index in [9.17, 15) is 0 Å². The maximum absolute atomic E-state index is 6.76. The summed E-state index contributed by atoms with van der Waals surface area (Å²) < 4.78 is 9.13. The Morgan fingerprint density at radius 3 is 2.52 bits per heavy atom. The predicted molar refractivity (Wildman–Crippen MR) is 197 cm³/mol. The molecule has 6 rings (SSSR count). The molecule has 0 amide bonds. The fourth-order valence-electron chi connectivity index (χ4n) is 6.14. The van der Waals surface area contributed by atoms with E-state index >= 15 is 0 Å². The van der Waals surface area contributed by atoms with Crippen LogP contribution in [0.1, 0.15) is 56.7 Å². The molecule has 3 aromatic carbocycles. The van der Waals surface area contributed by atoms with Crippen LogP contribution < -0.4 is 4.74 Å². The van der Waals surface area contributed by atoms with Crippen molar-refractivity contribution in [3.8, 4) is 5.75 Å². The van der Waals surface area contributed by atoms with Gasteiger partial charge in [0.2, 0.25) is 0 Å². The number of ether oxygens (including phenoxy) is 1. The van der Waals surface area contributed by atoms with E-state index in [-0.39, 0.29) is 12.0 Å². The Hall–Kier alpha value is -5.22. The lowest BCUT2D eigenvalue weighted by molar-refractivity contribution is 0.271. The highest BCUT2D eigenvalue weighted by Crippen LogP contribution is 2.49. The van der Waals surface area contributed by atoms with Crippen LogP contribution in [0.5, 0.6) is 5.75 Å². The van der Waals surface area contributed by atoms with Gasteiger partial charge in [0, 0.05) is 40.2 Å². The normalized spacial score (nSPS) is 18.4. The monoisotopic (exact) mass is 603 g/mol. The Morgan fingerprint density at radius 1 is 0.935 bits per heavy atom. The molecular weight excluding hydrogens is 562 g/mol. The Kier molecular flexibility index (Phi) is 9.25. The zero-order valence-electron chi connectivity index (χ0n) is 27.2. The number of allylic oxidation sites excluding steroid dienone is 10. The van der Waals surface area contributed by atoms with Crippen molar-refractivity contribution in [2.45, 2.75) is 52.7 Å². The van der Waals surface area contributed by atoms with Crippen molar-refractivity contribution in [2.24, 2.45) is 9.98 Å². The third kappa shape index (κ3) is 6.03. The summed E-state index contributed by atoms with van der Waals surface area (Å²) in [5.41, 5.74) is 7.93. The molecule has 0 fully saturated rings. The van der Waals surface area contributed by atoms with Gasteiger partial charge < -0.3 is 9.30 Å². The minimum absolute atomic E-state index is 0.0457. The van der Waals surface area contributed by atoms with Crippen LogP contribution in [-0.4, -0.2) is 22.2 Å². The number of benzene rings is 3. The molecule has 0 saturated heterocycles. The van der Waals surface area contributed by atoms with E-state index in [1.807, 2.05) is 43.3 Å². The number of aliphatic imine (C=N–C) groups is 2. The number of aromatic nitrogens is 1. The summed E-state index contributed by atoms with van der Waals surface area (Å²) in [5, 5.41) is 2.26. The zero-order valence-corrected chi connectivity index (χ0v) is 27.2. The number of hydrogen-bond acceptors (Lipinski definition) is 2. The average Bonchev–Trinajstić information content (AvgIpc) is 3.62. The quantitative estimate of drug-likeness (QED) is 0.107. The Labute approximate surface area is 272 Å². The molecule has 1 aromatic heterocycles. The van der Waals surface area contributed by atoms with Crippen molar-refractivity contribution < 1.29 is 4.74 Å². The van der Waals surface area contributed by atoms with E-state index in [1.54, 1.807) is 0 Å². The van der Waals surface area contributed by atoms with Crippen LogP contribution in [0.4, 0.5) is 0 Å². The average molecular weight is 604 g/mol. The fraction of sp³-hybridized carbons (Fsp3) is 0.190. The van der Waals surface area contributed by atoms with Gasteiger partial charge in [0.05, 0.1) is 16.6 Å². The van der Waals surface area contributed by atoms with Crippen molar-refractivity contribution in [1.29, 1.82) is 0 Å². The van der Waals surface area contributed by atoms with Crippen molar-refractivity contribution in [1.82, 2.24) is 4.57 Å². The minimum atomic E-state index is -0.0457. The van der Waals surface area contributed by atoms with Gasteiger partial charge in [-0.15, -0.1) is 0 Å². The van der Waals surface area contributed by atoms with Gasteiger partial charge in [-0.25, -0.2) is 9.98 Å². The molecule has 0 spiro atoms. The van der Waals surface area contributed by atoms with Gasteiger partial charge in [-0.05, 0) is 56.5 Å². The highest BCUT2D eigenvalue weighted by Gasteiger charge is 2.36. The maximum atomic E-state index is 6.76. The number of rotatable bonds is 9. The lowest BCUT2D eigenvalue weighted by atomic mass is 9.89. The van der Waals surface area contributed by atoms with Crippen LogP contribution in [0.25, 0.3) is 27.5 Å². The van der Waals surface area contributed by atoms with Crippen molar-refractivity contribution >= 4 is 39.1 Å². The summed E-state index contributed by atoms with van der Waals surface area (Å²) in [5.74, 6) is 1.69. The molecule has 2 atom stereocenters. The fourth-order valence-corrected chi connectivity index (χ4v) is 6.14. The van der Waals surface area contributed by atoms with Crippen LogP contribution in [0, 0.1) is 0 Å². The molecule has 230 valence electrons. The number of fused-ring (bicyclic) bond motifs is 7. The van der Waals surface area contributed by atoms with Gasteiger partial charge in [-0.1, -0.05) is 123 Å². The SMILES string of the molecule is C=C(N=C(N=C(C)/C(C)=C/C=C\CC)c1cc2c(c3c4ccccc4n(C/C=C\C=C/C)c13)OC1C=CC=CC21)c1ccccc1. The van der Waals surface area contributed by atoms with Gasteiger partial charge in [0.25, 0.3) is 0 Å². The van der Waals surface area contributed by atoms with Crippen LogP contribution in [0.15, 0.2) is 150 Å². The van der Waals surface area contributed by atoms with Crippen LogP contribution in [-0.2, 0) is 6.54 Å². The zero-order chi connectivity index (χ0) is 32.0. The number of para-hydroxylation sites is 1. The second-order valence-electron chi connectivity index (χ2n) is 11.7. The lowest BCUT2D eigenvalue weighted by Crippen LogP contribution is -2.15. The molecule has 2 unspecified atom stereocenters. The topological polar surface area (TPSA) is 38.9 Å². The van der Waals surface area contributed by atoms with E-state index in [4.69, 9.17) is 14.7 Å². The van der Waals surface area contributed by atoms with Gasteiger partial charge >= 0.3 is 0 Å². The molecule has 1 aliphatic carbocycles. The highest BCUT2D eigenvalue weighted by atomic mass is 16.5. The van der Waals surface area contributed by atoms with Gasteiger partial charge in [0.15, 0.2) is 5.84 Å². The number of amidine groups is 1. The molecule has 1 aliphatic heterocycles. The Bertz CT molecular complexity index is 2030. The Morgan fingerprint density at radius 2 is 1.72 bits per heavy atom. The lowest BCUT2D eigenvalue weighted by Gasteiger charge is -2.15. The maximum Gasteiger partial charge on any atom is 0.162 e. The third-order valence-corrected chi connectivity index (χ3v) is 8.59. The van der Waals surface area contributed by atoms with Gasteiger partial charge in [-0.3, -0.25) is 0 Å². The summed E-state index contributed by atoms with van der Waals surface area (Å²) in [6, 6.07) is 21.0. The second-order valence-corrected chi connectivity index (χ2v) is 11.7. The first-order valence-corrected chi connectivity index (χ1v) is 16.1. The molecule has 4 nitrogen and oxygen atoms in total. The largest absolute Gasteiger partial charge is 0.484 e. The van der Waals surface area contributed by atoms with Gasteiger partial charge in [-0.2, -0.15) is 0 Å². The first-order valence-electron chi connectivity index (χ1n) is 16.1. The minimum Gasteiger partial charge on any atom is -0.484 e. The number of hydrogen-bond donors (Lipinski definition) is 0. The summed E-state index contributed by atoms with van der Waals surface area (Å²) in [4.78, 5) is 10.5. The van der Waals surface area contributed by atoms with E-state index in [0.29, 0.717) is 18.1 Å². The summed E-state index contributed by atoms with van der Waals surface area (Å²) in [7, 11) is 0. The standard InChI is InChI=1S/C42H41N3O/c1-6-8-10-19-27-45-37-25-17-15-24-34(37)39-40(45)36(28-35-33-23-16-18-26-38(33)46-41(35)39)42(43-30(4)29(3)20-12-9-7-2)44-31(5)32-21-13-11-14-22-32/h6,8-26,28,33,38H,5,7,27H2,1-4H3/b8-6-,12-9-,19-10-,29-20+,43-30?,44-42?. The molecule has 4 aromatic rings. The predicted octanol–water partition coefficient (Wildman–Crippen LogP) is 10.7. The first kappa shape index (κ1) is 30.8. The van der Waals surface area contributed by atoms with Crippen molar-refractivity contribution in [3.63, 3.8) is 0 Å². The summed E-state index contributed by atoms with van der Waals surface area (Å²) in [6.45, 7) is 13.4. The van der Waals surface area contributed by atoms with Crippen LogP contribution in [0.2, 0.25) is 0 Å². The molecule has 0 radical (unpaired) electrons. The smallest absolute Gasteiger partial charge is 0.162 e. The molecule has 0 bridgehead atoms.